The van der Waals surface area contributed by atoms with Crippen LogP contribution in [0.15, 0.2) is 39.6 Å². The summed E-state index contributed by atoms with van der Waals surface area (Å²) in [6.07, 6.45) is 7.98. The third kappa shape index (κ3) is 2.73. The second kappa shape index (κ2) is 5.39. The van der Waals surface area contributed by atoms with Crippen LogP contribution in [0, 0.1) is 17.3 Å². The number of rotatable bonds is 4. The fraction of sp³-hybridized carbons (Fsp3) is 0.500. The number of carbonyl (C=O) groups excluding carboxylic acids is 1. The molecule has 5 heteroatoms. The molecule has 112 valence electrons. The molecule has 1 aromatic rings. The maximum Gasteiger partial charge on any atom is 0.335 e. The van der Waals surface area contributed by atoms with E-state index in [0.717, 1.165) is 12.3 Å². The molecule has 2 atom stereocenters. The predicted octanol–water partition coefficient (Wildman–Crippen LogP) is 3.06. The van der Waals surface area contributed by atoms with Gasteiger partial charge in [0.1, 0.15) is 5.76 Å². The SMILES string of the molecule is CC1(C)C2CC=C(C=NNC(=O)NCc3ccco3)C1C2. The predicted molar refractivity (Wildman–Crippen MR) is 80.6 cm³/mol. The Labute approximate surface area is 124 Å². The highest BCUT2D eigenvalue weighted by molar-refractivity contribution is 5.82. The van der Waals surface area contributed by atoms with Crippen LogP contribution in [0.5, 0.6) is 0 Å². The first-order valence-electron chi connectivity index (χ1n) is 7.36. The van der Waals surface area contributed by atoms with Gasteiger partial charge in [0, 0.05) is 0 Å². The average Bonchev–Trinajstić information content (AvgIpc) is 2.98. The van der Waals surface area contributed by atoms with Crippen LogP contribution in [0.25, 0.3) is 0 Å². The summed E-state index contributed by atoms with van der Waals surface area (Å²) >= 11 is 0. The van der Waals surface area contributed by atoms with Gasteiger partial charge in [-0.15, -0.1) is 0 Å². The second-order valence-corrected chi connectivity index (χ2v) is 6.38. The lowest BCUT2D eigenvalue weighted by molar-refractivity contribution is -0.00126. The van der Waals surface area contributed by atoms with Gasteiger partial charge in [-0.1, -0.05) is 19.9 Å². The highest BCUT2D eigenvalue weighted by atomic mass is 16.3. The van der Waals surface area contributed by atoms with Gasteiger partial charge in [-0.05, 0) is 47.8 Å². The fourth-order valence-corrected chi connectivity index (χ4v) is 3.33. The lowest BCUT2D eigenvalue weighted by Crippen LogP contribution is -2.48. The number of hydrogen-bond donors (Lipinski definition) is 2. The topological polar surface area (TPSA) is 66.6 Å². The molecule has 1 heterocycles. The summed E-state index contributed by atoms with van der Waals surface area (Å²) in [6.45, 7) is 4.99. The normalized spacial score (nSPS) is 26.1. The summed E-state index contributed by atoms with van der Waals surface area (Å²) in [6, 6.07) is 3.27. The van der Waals surface area contributed by atoms with Crippen LogP contribution in [0.1, 0.15) is 32.4 Å². The van der Waals surface area contributed by atoms with Crippen LogP contribution < -0.4 is 10.7 Å². The molecule has 2 N–H and O–H groups in total. The molecule has 1 fully saturated rings. The van der Waals surface area contributed by atoms with Crippen LogP contribution in [-0.4, -0.2) is 12.2 Å². The standard InChI is InChI=1S/C16H21N3O2/c1-16(2)12-6-5-11(14(16)8-12)9-18-19-15(20)17-10-13-4-3-7-21-13/h3-5,7,9,12,14H,6,8,10H2,1-2H3,(H2,17,19,20). The molecule has 4 rings (SSSR count). The molecule has 1 aromatic heterocycles. The summed E-state index contributed by atoms with van der Waals surface area (Å²) < 4.78 is 5.14. The Morgan fingerprint density at radius 3 is 3.10 bits per heavy atom. The van der Waals surface area contributed by atoms with E-state index < -0.39 is 0 Å². The highest BCUT2D eigenvalue weighted by Crippen LogP contribution is 2.58. The summed E-state index contributed by atoms with van der Waals surface area (Å²) in [5, 5.41) is 6.73. The van der Waals surface area contributed by atoms with E-state index in [1.807, 2.05) is 6.07 Å². The fourth-order valence-electron chi connectivity index (χ4n) is 3.33. The number of hydrazone groups is 1. The molecule has 2 amide bonds. The second-order valence-electron chi connectivity index (χ2n) is 6.38. The summed E-state index contributed by atoms with van der Waals surface area (Å²) in [5.41, 5.74) is 4.11. The number of furan rings is 1. The third-order valence-electron chi connectivity index (χ3n) is 4.89. The Kier molecular flexibility index (Phi) is 3.57. The van der Waals surface area contributed by atoms with Crippen LogP contribution in [0.4, 0.5) is 4.79 Å². The Bertz CT molecular complexity index is 572. The van der Waals surface area contributed by atoms with Gasteiger partial charge < -0.3 is 9.73 Å². The number of nitrogens with one attached hydrogen (secondary N) is 2. The van der Waals surface area contributed by atoms with Crippen molar-refractivity contribution in [3.05, 3.63) is 35.8 Å². The molecule has 1 saturated carbocycles. The number of hydrogen-bond acceptors (Lipinski definition) is 3. The van der Waals surface area contributed by atoms with Crippen molar-refractivity contribution in [2.24, 2.45) is 22.4 Å². The van der Waals surface area contributed by atoms with Crippen molar-refractivity contribution in [1.29, 1.82) is 0 Å². The van der Waals surface area contributed by atoms with Crippen LogP contribution in [0.2, 0.25) is 0 Å². The van der Waals surface area contributed by atoms with Crippen LogP contribution in [0.3, 0.4) is 0 Å². The van der Waals surface area contributed by atoms with Crippen molar-refractivity contribution in [3.63, 3.8) is 0 Å². The van der Waals surface area contributed by atoms with Gasteiger partial charge in [0.2, 0.25) is 0 Å². The molecule has 3 aliphatic carbocycles. The Balaban J connectivity index is 1.46. The molecule has 0 aliphatic heterocycles. The summed E-state index contributed by atoms with van der Waals surface area (Å²) in [4.78, 5) is 11.6. The van der Waals surface area contributed by atoms with Gasteiger partial charge in [-0.3, -0.25) is 0 Å². The molecule has 0 radical (unpaired) electrons. The molecule has 2 unspecified atom stereocenters. The molecular weight excluding hydrogens is 266 g/mol. The van der Waals surface area contributed by atoms with E-state index in [1.165, 1.54) is 12.0 Å². The number of carbonyl (C=O) groups is 1. The minimum atomic E-state index is -0.329. The van der Waals surface area contributed by atoms with Gasteiger partial charge in [0.05, 0.1) is 19.0 Å². The molecule has 0 saturated heterocycles. The maximum atomic E-state index is 11.6. The van der Waals surface area contributed by atoms with Crippen molar-refractivity contribution in [2.75, 3.05) is 0 Å². The number of allylic oxidation sites excluding steroid dienone is 2. The van der Waals surface area contributed by atoms with Crippen LogP contribution in [-0.2, 0) is 6.54 Å². The number of urea groups is 1. The van der Waals surface area contributed by atoms with Gasteiger partial charge in [-0.25, -0.2) is 10.2 Å². The monoisotopic (exact) mass is 287 g/mol. The molecular formula is C16H21N3O2. The Morgan fingerprint density at radius 1 is 1.57 bits per heavy atom. The van der Waals surface area contributed by atoms with Crippen molar-refractivity contribution < 1.29 is 9.21 Å². The first-order valence-corrected chi connectivity index (χ1v) is 7.36. The Morgan fingerprint density at radius 2 is 2.43 bits per heavy atom. The van der Waals surface area contributed by atoms with Crippen molar-refractivity contribution in [2.45, 2.75) is 33.2 Å². The van der Waals surface area contributed by atoms with Gasteiger partial charge in [0.25, 0.3) is 0 Å². The first-order chi connectivity index (χ1) is 10.1. The van der Waals surface area contributed by atoms with E-state index in [-0.39, 0.29) is 6.03 Å². The molecule has 0 spiro atoms. The number of nitrogens with zero attached hydrogens (tertiary/aromatic N) is 1. The average molecular weight is 287 g/mol. The van der Waals surface area contributed by atoms with E-state index >= 15 is 0 Å². The smallest absolute Gasteiger partial charge is 0.335 e. The largest absolute Gasteiger partial charge is 0.467 e. The molecule has 3 aliphatic rings. The zero-order valence-corrected chi connectivity index (χ0v) is 12.4. The molecule has 0 aromatic carbocycles. The van der Waals surface area contributed by atoms with Gasteiger partial charge in [0.15, 0.2) is 0 Å². The highest BCUT2D eigenvalue weighted by Gasteiger charge is 2.50. The van der Waals surface area contributed by atoms with E-state index in [9.17, 15) is 4.79 Å². The first kappa shape index (κ1) is 13.9. The van der Waals surface area contributed by atoms with E-state index in [1.54, 1.807) is 18.5 Å². The summed E-state index contributed by atoms with van der Waals surface area (Å²) in [7, 11) is 0. The lowest BCUT2D eigenvalue weighted by Gasteiger charge is -2.55. The lowest BCUT2D eigenvalue weighted by atomic mass is 9.49. The van der Waals surface area contributed by atoms with Crippen molar-refractivity contribution in [3.8, 4) is 0 Å². The maximum absolute atomic E-state index is 11.6. The third-order valence-corrected chi connectivity index (χ3v) is 4.89. The Hall–Kier alpha value is -2.04. The van der Waals surface area contributed by atoms with E-state index in [2.05, 4.69) is 35.8 Å². The zero-order chi connectivity index (χ0) is 14.9. The van der Waals surface area contributed by atoms with Gasteiger partial charge in [-0.2, -0.15) is 5.10 Å². The van der Waals surface area contributed by atoms with Gasteiger partial charge >= 0.3 is 6.03 Å². The van der Waals surface area contributed by atoms with Crippen molar-refractivity contribution in [1.82, 2.24) is 10.7 Å². The van der Waals surface area contributed by atoms with E-state index in [4.69, 9.17) is 4.42 Å². The summed E-state index contributed by atoms with van der Waals surface area (Å²) in [5.74, 6) is 2.10. The van der Waals surface area contributed by atoms with E-state index in [0.29, 0.717) is 23.6 Å². The molecule has 2 bridgehead atoms. The minimum Gasteiger partial charge on any atom is -0.467 e. The van der Waals surface area contributed by atoms with Crippen LogP contribution >= 0.6 is 0 Å². The quantitative estimate of drug-likeness (QED) is 0.660. The molecule has 21 heavy (non-hydrogen) atoms. The number of fused-ring (bicyclic) bond motifs is 1. The van der Waals surface area contributed by atoms with Crippen molar-refractivity contribution >= 4 is 12.2 Å². The molecule has 5 nitrogen and oxygen atoms in total. The minimum absolute atomic E-state index is 0.329. The number of amides is 2. The zero-order valence-electron chi connectivity index (χ0n) is 12.4.